The van der Waals surface area contributed by atoms with Crippen molar-refractivity contribution in [3.63, 3.8) is 0 Å². The summed E-state index contributed by atoms with van der Waals surface area (Å²) in [5.41, 5.74) is 18.3. The molecule has 1 spiro atoms. The first-order chi connectivity index (χ1) is 25.3. The zero-order valence-corrected chi connectivity index (χ0v) is 27.7. The second kappa shape index (κ2) is 11.4. The molecule has 2 heteroatoms. The third-order valence-corrected chi connectivity index (χ3v) is 10.8. The number of benzene rings is 7. The van der Waals surface area contributed by atoms with Crippen molar-refractivity contribution >= 4 is 0 Å². The average Bonchev–Trinajstić information content (AvgIpc) is 3.68. The SMILES string of the molecule is N#Cc1c(-c2ccccc2)cc(-c2ccccc2)nc1-c1ccc(-c2ccc3c(c2)C2(c4ccccc4-c4ccccc42)c2ccccc2-3)cc1. The lowest BCUT2D eigenvalue weighted by Crippen LogP contribution is -2.25. The fourth-order valence-corrected chi connectivity index (χ4v) is 8.56. The smallest absolute Gasteiger partial charge is 0.102 e. The minimum absolute atomic E-state index is 0.383. The largest absolute Gasteiger partial charge is 0.246 e. The van der Waals surface area contributed by atoms with Crippen molar-refractivity contribution in [3.8, 4) is 73.1 Å². The summed E-state index contributed by atoms with van der Waals surface area (Å²) in [5, 5.41) is 10.5. The summed E-state index contributed by atoms with van der Waals surface area (Å²) in [4.78, 5) is 5.11. The van der Waals surface area contributed by atoms with E-state index in [0.29, 0.717) is 11.3 Å². The molecule has 0 aliphatic heterocycles. The molecule has 236 valence electrons. The molecule has 2 nitrogen and oxygen atoms in total. The fraction of sp³-hybridized carbons (Fsp3) is 0.0204. The molecule has 2 aliphatic rings. The highest BCUT2D eigenvalue weighted by Crippen LogP contribution is 2.63. The summed E-state index contributed by atoms with van der Waals surface area (Å²) in [6.45, 7) is 0. The highest BCUT2D eigenvalue weighted by Gasteiger charge is 2.51. The highest BCUT2D eigenvalue weighted by atomic mass is 14.7. The Morgan fingerprint density at radius 3 is 1.41 bits per heavy atom. The Hall–Kier alpha value is -6.82. The van der Waals surface area contributed by atoms with Crippen LogP contribution in [0.25, 0.3) is 67.0 Å². The van der Waals surface area contributed by atoms with Crippen molar-refractivity contribution in [1.29, 1.82) is 5.26 Å². The first kappa shape index (κ1) is 29.1. The van der Waals surface area contributed by atoms with Crippen molar-refractivity contribution in [2.45, 2.75) is 5.41 Å². The fourth-order valence-electron chi connectivity index (χ4n) is 8.56. The van der Waals surface area contributed by atoms with Gasteiger partial charge in [-0.15, -0.1) is 0 Å². The Morgan fingerprint density at radius 1 is 0.373 bits per heavy atom. The van der Waals surface area contributed by atoms with Crippen molar-refractivity contribution in [3.05, 3.63) is 210 Å². The van der Waals surface area contributed by atoms with Crippen LogP contribution < -0.4 is 0 Å². The normalized spacial score (nSPS) is 12.8. The molecular formula is C49H30N2. The quantitative estimate of drug-likeness (QED) is 0.191. The number of hydrogen-bond acceptors (Lipinski definition) is 2. The summed E-state index contributed by atoms with van der Waals surface area (Å²) < 4.78 is 0. The molecule has 51 heavy (non-hydrogen) atoms. The highest BCUT2D eigenvalue weighted by molar-refractivity contribution is 5.96. The predicted molar refractivity (Wildman–Crippen MR) is 207 cm³/mol. The summed E-state index contributed by atoms with van der Waals surface area (Å²) in [7, 11) is 0. The number of rotatable bonds is 4. The Bertz CT molecular complexity index is 2620. The Morgan fingerprint density at radius 2 is 0.843 bits per heavy atom. The molecule has 1 aromatic heterocycles. The van der Waals surface area contributed by atoms with Crippen LogP contribution in [0.3, 0.4) is 0 Å². The molecule has 1 heterocycles. The Balaban J connectivity index is 1.13. The molecule has 0 radical (unpaired) electrons. The molecule has 0 saturated carbocycles. The molecule has 0 fully saturated rings. The number of fused-ring (bicyclic) bond motifs is 10. The first-order valence-electron chi connectivity index (χ1n) is 17.4. The summed E-state index contributed by atoms with van der Waals surface area (Å²) >= 11 is 0. The van der Waals surface area contributed by atoms with Gasteiger partial charge in [0.2, 0.25) is 0 Å². The van der Waals surface area contributed by atoms with E-state index in [1.54, 1.807) is 0 Å². The molecule has 0 unspecified atom stereocenters. The van der Waals surface area contributed by atoms with Gasteiger partial charge in [0, 0.05) is 16.7 Å². The van der Waals surface area contributed by atoms with Gasteiger partial charge in [0.1, 0.15) is 6.07 Å². The van der Waals surface area contributed by atoms with E-state index in [9.17, 15) is 5.26 Å². The van der Waals surface area contributed by atoms with Gasteiger partial charge in [-0.2, -0.15) is 5.26 Å². The average molecular weight is 647 g/mol. The number of hydrogen-bond donors (Lipinski definition) is 0. The van der Waals surface area contributed by atoms with Gasteiger partial charge in [-0.05, 0) is 73.3 Å². The minimum atomic E-state index is -0.383. The van der Waals surface area contributed by atoms with E-state index >= 15 is 0 Å². The maximum atomic E-state index is 10.5. The van der Waals surface area contributed by atoms with Crippen LogP contribution in [0.15, 0.2) is 182 Å². The zero-order chi connectivity index (χ0) is 33.9. The number of aromatic nitrogens is 1. The van der Waals surface area contributed by atoms with Gasteiger partial charge in [-0.25, -0.2) is 4.98 Å². The van der Waals surface area contributed by atoms with Crippen molar-refractivity contribution in [1.82, 2.24) is 4.98 Å². The number of nitriles is 1. The van der Waals surface area contributed by atoms with E-state index in [1.807, 2.05) is 42.5 Å². The summed E-state index contributed by atoms with van der Waals surface area (Å²) in [5.74, 6) is 0. The van der Waals surface area contributed by atoms with Crippen LogP contribution in [-0.4, -0.2) is 4.98 Å². The van der Waals surface area contributed by atoms with Gasteiger partial charge in [-0.1, -0.05) is 170 Å². The Kier molecular flexibility index (Phi) is 6.50. The van der Waals surface area contributed by atoms with Crippen LogP contribution in [0.5, 0.6) is 0 Å². The lowest BCUT2D eigenvalue weighted by molar-refractivity contribution is 0.794. The van der Waals surface area contributed by atoms with Crippen LogP contribution in [-0.2, 0) is 5.41 Å². The van der Waals surface area contributed by atoms with Gasteiger partial charge in [0.25, 0.3) is 0 Å². The topological polar surface area (TPSA) is 36.7 Å². The third kappa shape index (κ3) is 4.26. The number of nitrogens with zero attached hydrogens (tertiary/aromatic N) is 2. The maximum absolute atomic E-state index is 10.5. The molecule has 0 atom stereocenters. The van der Waals surface area contributed by atoms with E-state index in [4.69, 9.17) is 4.98 Å². The predicted octanol–water partition coefficient (Wildman–Crippen LogP) is 12.0. The van der Waals surface area contributed by atoms with Gasteiger partial charge >= 0.3 is 0 Å². The van der Waals surface area contributed by atoms with Gasteiger partial charge in [0.15, 0.2) is 0 Å². The summed E-state index contributed by atoms with van der Waals surface area (Å²) in [6.07, 6.45) is 0. The van der Waals surface area contributed by atoms with Crippen molar-refractivity contribution < 1.29 is 0 Å². The zero-order valence-electron chi connectivity index (χ0n) is 27.7. The monoisotopic (exact) mass is 646 g/mol. The van der Waals surface area contributed by atoms with Crippen LogP contribution in [0.2, 0.25) is 0 Å². The second-order valence-corrected chi connectivity index (χ2v) is 13.3. The molecule has 10 rings (SSSR count). The molecule has 0 N–H and O–H groups in total. The summed E-state index contributed by atoms with van der Waals surface area (Å²) in [6, 6.07) is 67.1. The van der Waals surface area contributed by atoms with Gasteiger partial charge < -0.3 is 0 Å². The number of pyridine rings is 1. The van der Waals surface area contributed by atoms with E-state index in [2.05, 4.69) is 146 Å². The molecule has 8 aromatic rings. The van der Waals surface area contributed by atoms with Crippen LogP contribution >= 0.6 is 0 Å². The molecule has 2 aliphatic carbocycles. The maximum Gasteiger partial charge on any atom is 0.102 e. The lowest BCUT2D eigenvalue weighted by Gasteiger charge is -2.30. The lowest BCUT2D eigenvalue weighted by atomic mass is 9.70. The molecule has 7 aromatic carbocycles. The van der Waals surface area contributed by atoms with Crippen LogP contribution in [0, 0.1) is 11.3 Å². The Labute approximate surface area is 297 Å². The standard InChI is InChI=1S/C49H30N2/c50-31-42-41(33-13-3-1-4-14-33)30-47(34-15-5-2-6-16-34)51-48(42)35-25-23-32(24-26-35)36-27-28-40-39-19-9-12-22-45(39)49(46(40)29-36)43-20-10-7-17-37(43)38-18-8-11-21-44(38)49/h1-30H. The van der Waals surface area contributed by atoms with Gasteiger partial charge in [0.05, 0.1) is 22.4 Å². The van der Waals surface area contributed by atoms with Gasteiger partial charge in [-0.3, -0.25) is 0 Å². The first-order valence-corrected chi connectivity index (χ1v) is 17.4. The van der Waals surface area contributed by atoms with Crippen LogP contribution in [0.1, 0.15) is 27.8 Å². The second-order valence-electron chi connectivity index (χ2n) is 13.3. The van der Waals surface area contributed by atoms with Crippen molar-refractivity contribution in [2.24, 2.45) is 0 Å². The third-order valence-electron chi connectivity index (χ3n) is 10.8. The molecule has 0 amide bonds. The molecular weight excluding hydrogens is 617 g/mol. The minimum Gasteiger partial charge on any atom is -0.246 e. The van der Waals surface area contributed by atoms with Crippen molar-refractivity contribution in [2.75, 3.05) is 0 Å². The van der Waals surface area contributed by atoms with E-state index < -0.39 is 0 Å². The molecule has 0 saturated heterocycles. The van der Waals surface area contributed by atoms with E-state index in [1.165, 1.54) is 44.5 Å². The van der Waals surface area contributed by atoms with E-state index in [-0.39, 0.29) is 5.41 Å². The molecule has 0 bridgehead atoms. The van der Waals surface area contributed by atoms with Crippen LogP contribution in [0.4, 0.5) is 0 Å². The van der Waals surface area contributed by atoms with E-state index in [0.717, 1.165) is 39.1 Å².